The normalized spacial score (nSPS) is 12.9. The first-order valence-corrected chi connectivity index (χ1v) is 21.4. The van der Waals surface area contributed by atoms with Gasteiger partial charge in [-0.1, -0.05) is 127 Å². The average Bonchev–Trinajstić information content (AvgIpc) is 3.96. The van der Waals surface area contributed by atoms with Crippen molar-refractivity contribution < 1.29 is 9.47 Å². The van der Waals surface area contributed by atoms with Gasteiger partial charge in [-0.15, -0.1) is 0 Å². The summed E-state index contributed by atoms with van der Waals surface area (Å²) in [7, 11) is 0. The van der Waals surface area contributed by atoms with Gasteiger partial charge < -0.3 is 23.2 Å². The Bertz CT molecular complexity index is 3750. The summed E-state index contributed by atoms with van der Waals surface area (Å²) in [6.07, 6.45) is 0. The van der Waals surface area contributed by atoms with Gasteiger partial charge in [0.15, 0.2) is 0 Å². The molecule has 5 heterocycles. The molecule has 290 valence electrons. The summed E-state index contributed by atoms with van der Waals surface area (Å²) >= 11 is 0. The highest BCUT2D eigenvalue weighted by molar-refractivity contribution is 6.98. The van der Waals surface area contributed by atoms with Crippen molar-refractivity contribution >= 4 is 88.5 Å². The largest absolute Gasteiger partial charge is 0.458 e. The summed E-state index contributed by atoms with van der Waals surface area (Å²) in [4.78, 5) is 0. The second-order valence-corrected chi connectivity index (χ2v) is 16.9. The predicted molar refractivity (Wildman–Crippen MR) is 257 cm³/mol. The van der Waals surface area contributed by atoms with E-state index in [0.717, 1.165) is 73.2 Å². The summed E-state index contributed by atoms with van der Waals surface area (Å²) in [5.41, 5.74) is 15.8. The first-order valence-electron chi connectivity index (χ1n) is 21.4. The lowest BCUT2D eigenvalue weighted by atomic mass is 9.34. The molecule has 3 aromatic heterocycles. The van der Waals surface area contributed by atoms with Crippen LogP contribution in [0.2, 0.25) is 0 Å². The SMILES string of the molecule is Cc1cccc2c1Oc1cc(-n3c4ccccc4c4c5c(c6ccccc6n5-c5ccccc5)c5c(c6ccccc6n5-c5ccccc5)c43)cc3c1B2c1cccc(C)c1O3. The number of benzene rings is 9. The Kier molecular flexibility index (Phi) is 6.72. The number of hydrogen-bond acceptors (Lipinski definition) is 2. The predicted octanol–water partition coefficient (Wildman–Crippen LogP) is 12.3. The molecular weight excluding hydrogens is 757 g/mol. The van der Waals surface area contributed by atoms with Gasteiger partial charge in [0.25, 0.3) is 6.71 Å². The van der Waals surface area contributed by atoms with E-state index in [0.29, 0.717) is 0 Å². The first kappa shape index (κ1) is 33.8. The van der Waals surface area contributed by atoms with E-state index in [2.05, 4.69) is 210 Å². The van der Waals surface area contributed by atoms with Crippen molar-refractivity contribution in [2.75, 3.05) is 0 Å². The topological polar surface area (TPSA) is 33.2 Å². The minimum Gasteiger partial charge on any atom is -0.458 e. The van der Waals surface area contributed by atoms with Crippen molar-refractivity contribution in [1.29, 1.82) is 0 Å². The zero-order chi connectivity index (χ0) is 40.8. The number of aromatic nitrogens is 3. The van der Waals surface area contributed by atoms with Crippen molar-refractivity contribution in [2.45, 2.75) is 13.8 Å². The molecule has 0 N–H and O–H groups in total. The van der Waals surface area contributed by atoms with Crippen LogP contribution in [0.25, 0.3) is 82.5 Å². The lowest BCUT2D eigenvalue weighted by Gasteiger charge is -2.34. The van der Waals surface area contributed by atoms with E-state index < -0.39 is 0 Å². The molecule has 0 amide bonds. The monoisotopic (exact) mass is 793 g/mol. The fraction of sp³-hybridized carbons (Fsp3) is 0.0357. The Labute approximate surface area is 357 Å². The lowest BCUT2D eigenvalue weighted by Crippen LogP contribution is -2.57. The van der Waals surface area contributed by atoms with E-state index in [4.69, 9.17) is 9.47 Å². The van der Waals surface area contributed by atoms with Gasteiger partial charge in [0.1, 0.15) is 23.0 Å². The van der Waals surface area contributed by atoms with Gasteiger partial charge in [-0.25, -0.2) is 0 Å². The number of para-hydroxylation sites is 7. The Balaban J connectivity index is 1.22. The fourth-order valence-electron chi connectivity index (χ4n) is 11.1. The van der Waals surface area contributed by atoms with Crippen LogP contribution in [0, 0.1) is 13.8 Å². The Morgan fingerprint density at radius 2 is 0.742 bits per heavy atom. The Hall–Kier alpha value is -7.96. The number of ether oxygens (including phenoxy) is 2. The maximum absolute atomic E-state index is 7.07. The first-order chi connectivity index (χ1) is 30.6. The van der Waals surface area contributed by atoms with Crippen molar-refractivity contribution in [3.05, 3.63) is 193 Å². The lowest BCUT2D eigenvalue weighted by molar-refractivity contribution is 0.460. The molecule has 14 rings (SSSR count). The zero-order valence-corrected chi connectivity index (χ0v) is 34.1. The van der Waals surface area contributed by atoms with Crippen LogP contribution >= 0.6 is 0 Å². The highest BCUT2D eigenvalue weighted by Gasteiger charge is 2.41. The molecule has 0 unspecified atom stereocenters. The van der Waals surface area contributed by atoms with E-state index in [-0.39, 0.29) is 6.71 Å². The van der Waals surface area contributed by atoms with E-state index in [1.807, 2.05) is 0 Å². The second-order valence-electron chi connectivity index (χ2n) is 16.9. The minimum absolute atomic E-state index is 0.0174. The van der Waals surface area contributed by atoms with Crippen LogP contribution in [-0.2, 0) is 0 Å². The quantitative estimate of drug-likeness (QED) is 0.167. The van der Waals surface area contributed by atoms with Gasteiger partial charge in [0, 0.05) is 61.3 Å². The van der Waals surface area contributed by atoms with E-state index >= 15 is 0 Å². The smallest absolute Gasteiger partial charge is 0.260 e. The number of rotatable bonds is 3. The van der Waals surface area contributed by atoms with Crippen LogP contribution in [-0.4, -0.2) is 20.4 Å². The molecule has 0 aliphatic carbocycles. The van der Waals surface area contributed by atoms with Crippen molar-refractivity contribution in [3.8, 4) is 40.1 Å². The molecule has 2 aliphatic rings. The van der Waals surface area contributed by atoms with Crippen LogP contribution in [0.15, 0.2) is 182 Å². The Morgan fingerprint density at radius 1 is 0.371 bits per heavy atom. The Morgan fingerprint density at radius 3 is 1.16 bits per heavy atom. The van der Waals surface area contributed by atoms with Crippen molar-refractivity contribution in [2.24, 2.45) is 0 Å². The molecule has 5 nitrogen and oxygen atoms in total. The molecule has 0 bridgehead atoms. The minimum atomic E-state index is -0.0174. The molecular formula is C56H36BN3O2. The van der Waals surface area contributed by atoms with Crippen LogP contribution in [0.4, 0.5) is 0 Å². The highest BCUT2D eigenvalue weighted by Crippen LogP contribution is 2.51. The molecule has 0 atom stereocenters. The summed E-state index contributed by atoms with van der Waals surface area (Å²) in [6.45, 7) is 4.28. The average molecular weight is 794 g/mol. The summed E-state index contributed by atoms with van der Waals surface area (Å²) in [5, 5.41) is 7.22. The fourth-order valence-corrected chi connectivity index (χ4v) is 11.1. The van der Waals surface area contributed by atoms with Gasteiger partial charge in [0.05, 0.1) is 38.8 Å². The van der Waals surface area contributed by atoms with Gasteiger partial charge in [-0.3, -0.25) is 0 Å². The van der Waals surface area contributed by atoms with Gasteiger partial charge in [-0.2, -0.15) is 0 Å². The van der Waals surface area contributed by atoms with Crippen molar-refractivity contribution in [1.82, 2.24) is 13.7 Å². The molecule has 12 aromatic rings. The second kappa shape index (κ2) is 12.3. The van der Waals surface area contributed by atoms with Gasteiger partial charge in [0.2, 0.25) is 0 Å². The van der Waals surface area contributed by atoms with E-state index in [1.54, 1.807) is 0 Å². The van der Waals surface area contributed by atoms with Crippen LogP contribution in [0.3, 0.4) is 0 Å². The molecule has 0 spiro atoms. The molecule has 6 heteroatoms. The molecule has 62 heavy (non-hydrogen) atoms. The highest BCUT2D eigenvalue weighted by atomic mass is 16.5. The van der Waals surface area contributed by atoms with Crippen LogP contribution < -0.4 is 25.9 Å². The third-order valence-electron chi connectivity index (χ3n) is 13.5. The van der Waals surface area contributed by atoms with Crippen molar-refractivity contribution in [3.63, 3.8) is 0 Å². The number of fused-ring (bicyclic) bond motifs is 16. The zero-order valence-electron chi connectivity index (χ0n) is 34.1. The molecule has 9 aromatic carbocycles. The number of nitrogens with zero attached hydrogens (tertiary/aromatic N) is 3. The summed E-state index contributed by atoms with van der Waals surface area (Å²) in [6, 6.07) is 66.0. The molecule has 0 radical (unpaired) electrons. The van der Waals surface area contributed by atoms with E-state index in [1.165, 1.54) is 59.8 Å². The third-order valence-corrected chi connectivity index (χ3v) is 13.5. The summed E-state index contributed by atoms with van der Waals surface area (Å²) < 4.78 is 21.6. The van der Waals surface area contributed by atoms with Crippen LogP contribution in [0.5, 0.6) is 23.0 Å². The van der Waals surface area contributed by atoms with Crippen LogP contribution in [0.1, 0.15) is 11.1 Å². The number of hydrogen-bond donors (Lipinski definition) is 0. The maximum atomic E-state index is 7.07. The molecule has 2 aliphatic heterocycles. The standard InChI is InChI=1S/C56H36BN3O2/c1-33-17-15-26-41-55(33)61-46-31-37(32-47-51(46)57(41)42-27-16-18-34(2)56(42)62-47)60-45-30-14-11-25-40(45)50-53-48(38-23-9-12-28-43(38)58(53)35-19-5-3-6-20-35)52-49(54(50)60)39-24-10-13-29-44(39)59(52)36-21-7-4-8-22-36/h3-32H,1-2H3. The molecule has 0 saturated carbocycles. The van der Waals surface area contributed by atoms with Gasteiger partial charge in [-0.05, 0) is 78.4 Å². The molecule has 0 fully saturated rings. The molecule has 0 saturated heterocycles. The number of aryl methyl sites for hydroxylation is 2. The summed E-state index contributed by atoms with van der Waals surface area (Å²) in [5.74, 6) is 3.49. The third kappa shape index (κ3) is 4.33. The maximum Gasteiger partial charge on any atom is 0.260 e. The van der Waals surface area contributed by atoms with Gasteiger partial charge >= 0.3 is 0 Å². The van der Waals surface area contributed by atoms with E-state index in [9.17, 15) is 0 Å².